The lowest BCUT2D eigenvalue weighted by atomic mass is 9.67. The summed E-state index contributed by atoms with van der Waals surface area (Å²) in [6.07, 6.45) is 4.76. The molecule has 0 radical (unpaired) electrons. The van der Waals surface area contributed by atoms with Gasteiger partial charge in [0.15, 0.2) is 0 Å². The second kappa shape index (κ2) is 6.53. The number of hydrogen-bond acceptors (Lipinski definition) is 3. The van der Waals surface area contributed by atoms with E-state index in [9.17, 15) is 4.79 Å². The average molecular weight is 281 g/mol. The van der Waals surface area contributed by atoms with Gasteiger partial charge in [0, 0.05) is 24.6 Å². The summed E-state index contributed by atoms with van der Waals surface area (Å²) in [5.41, 5.74) is 0.289. The molecule has 1 aliphatic rings. The van der Waals surface area contributed by atoms with Gasteiger partial charge in [0.05, 0.1) is 4.88 Å². The number of nitrogens with one attached hydrogen (secondary N) is 1. The van der Waals surface area contributed by atoms with E-state index in [1.54, 1.807) is 11.3 Å². The molecule has 2 rings (SSSR count). The van der Waals surface area contributed by atoms with E-state index in [0.29, 0.717) is 0 Å². The van der Waals surface area contributed by atoms with Gasteiger partial charge in [-0.25, -0.2) is 0 Å². The van der Waals surface area contributed by atoms with Gasteiger partial charge >= 0.3 is 0 Å². The van der Waals surface area contributed by atoms with E-state index < -0.39 is 0 Å². The van der Waals surface area contributed by atoms with Gasteiger partial charge in [0.2, 0.25) is 0 Å². The van der Waals surface area contributed by atoms with Crippen LogP contribution in [0.25, 0.3) is 0 Å². The fourth-order valence-corrected chi connectivity index (χ4v) is 3.32. The second-order valence-electron chi connectivity index (χ2n) is 5.39. The molecule has 1 aromatic heterocycles. The molecule has 0 aromatic carbocycles. The molecule has 0 bridgehead atoms. The number of aryl methyl sites for hydroxylation is 1. The van der Waals surface area contributed by atoms with Crippen molar-refractivity contribution in [3.63, 3.8) is 0 Å². The van der Waals surface area contributed by atoms with Crippen LogP contribution < -0.4 is 5.32 Å². The molecule has 0 unspecified atom stereocenters. The van der Waals surface area contributed by atoms with Gasteiger partial charge in [-0.05, 0) is 50.7 Å². The molecule has 0 atom stereocenters. The number of carbonyl (C=O) groups excluding carboxylic acids is 1. The Labute approximate surface area is 119 Å². The van der Waals surface area contributed by atoms with Gasteiger partial charge in [-0.15, -0.1) is 11.3 Å². The fraction of sp³-hybridized carbons (Fsp3) is 0.667. The molecule has 1 heterocycles. The van der Waals surface area contributed by atoms with Gasteiger partial charge in [0.25, 0.3) is 5.91 Å². The van der Waals surface area contributed by atoms with E-state index in [1.807, 2.05) is 26.0 Å². The van der Waals surface area contributed by atoms with Crippen LogP contribution >= 0.6 is 11.3 Å². The smallest absolute Gasteiger partial charge is 0.261 e. The monoisotopic (exact) mass is 281 g/mol. The molecule has 0 saturated heterocycles. The van der Waals surface area contributed by atoms with Crippen LogP contribution in [0.5, 0.6) is 0 Å². The molecule has 1 aliphatic carbocycles. The zero-order valence-corrected chi connectivity index (χ0v) is 12.6. The molecule has 1 fully saturated rings. The Bertz CT molecular complexity index is 424. The summed E-state index contributed by atoms with van der Waals surface area (Å²) in [6.45, 7) is 6.42. The normalized spacial score (nSPS) is 16.9. The minimum Gasteiger partial charge on any atom is -0.382 e. The topological polar surface area (TPSA) is 38.3 Å². The second-order valence-corrected chi connectivity index (χ2v) is 6.68. The van der Waals surface area contributed by atoms with E-state index in [-0.39, 0.29) is 11.3 Å². The van der Waals surface area contributed by atoms with Crippen molar-refractivity contribution in [2.45, 2.75) is 39.5 Å². The molecule has 0 spiro atoms. The number of ether oxygens (including phenoxy) is 1. The average Bonchev–Trinajstić information content (AvgIpc) is 2.78. The van der Waals surface area contributed by atoms with Gasteiger partial charge in [0.1, 0.15) is 0 Å². The molecular weight excluding hydrogens is 258 g/mol. The van der Waals surface area contributed by atoms with Gasteiger partial charge < -0.3 is 10.1 Å². The molecule has 1 aromatic rings. The predicted molar refractivity (Wildman–Crippen MR) is 78.8 cm³/mol. The number of amides is 1. The predicted octanol–water partition coefficient (Wildman–Crippen LogP) is 3.38. The molecule has 1 amide bonds. The summed E-state index contributed by atoms with van der Waals surface area (Å²) < 4.78 is 5.45. The Morgan fingerprint density at radius 2 is 2.26 bits per heavy atom. The van der Waals surface area contributed by atoms with Crippen LogP contribution in [0.2, 0.25) is 0 Å². The van der Waals surface area contributed by atoms with E-state index >= 15 is 0 Å². The van der Waals surface area contributed by atoms with Crippen LogP contribution in [0.3, 0.4) is 0 Å². The molecule has 1 saturated carbocycles. The lowest BCUT2D eigenvalue weighted by Gasteiger charge is -2.42. The fourth-order valence-electron chi connectivity index (χ4n) is 2.54. The first-order valence-electron chi connectivity index (χ1n) is 7.08. The molecule has 0 aliphatic heterocycles. The van der Waals surface area contributed by atoms with Crippen molar-refractivity contribution in [2.75, 3.05) is 19.8 Å². The Kier molecular flexibility index (Phi) is 4.99. The van der Waals surface area contributed by atoms with Gasteiger partial charge in [-0.3, -0.25) is 4.79 Å². The summed E-state index contributed by atoms with van der Waals surface area (Å²) >= 11 is 1.56. The van der Waals surface area contributed by atoms with Crippen LogP contribution in [0.1, 0.15) is 47.2 Å². The summed E-state index contributed by atoms with van der Waals surface area (Å²) in [5.74, 6) is 0.0702. The first-order valence-corrected chi connectivity index (χ1v) is 7.89. The Hall–Kier alpha value is -0.870. The highest BCUT2D eigenvalue weighted by molar-refractivity contribution is 7.13. The highest BCUT2D eigenvalue weighted by Crippen LogP contribution is 2.43. The minimum absolute atomic E-state index is 0.0702. The zero-order chi connectivity index (χ0) is 13.7. The highest BCUT2D eigenvalue weighted by Gasteiger charge is 2.36. The third kappa shape index (κ3) is 3.80. The zero-order valence-electron chi connectivity index (χ0n) is 11.8. The maximum atomic E-state index is 12.0. The number of thiophene rings is 1. The SMILES string of the molecule is CCOCCC1(CNC(=O)c2ccc(C)s2)CCC1. The van der Waals surface area contributed by atoms with Crippen molar-refractivity contribution in [3.8, 4) is 0 Å². The third-order valence-corrected chi connectivity index (χ3v) is 4.98. The Morgan fingerprint density at radius 1 is 1.47 bits per heavy atom. The summed E-state index contributed by atoms with van der Waals surface area (Å²) in [4.78, 5) is 14.0. The summed E-state index contributed by atoms with van der Waals surface area (Å²) in [7, 11) is 0. The van der Waals surface area contributed by atoms with Crippen LogP contribution in [0, 0.1) is 12.3 Å². The Balaban J connectivity index is 1.81. The third-order valence-electron chi connectivity index (χ3n) is 3.98. The first-order chi connectivity index (χ1) is 9.15. The molecular formula is C15H23NO2S. The van der Waals surface area contributed by atoms with Crippen LogP contribution in [-0.4, -0.2) is 25.7 Å². The summed E-state index contributed by atoms with van der Waals surface area (Å²) in [6, 6.07) is 3.90. The molecule has 3 nitrogen and oxygen atoms in total. The van der Waals surface area contributed by atoms with Crippen molar-refractivity contribution in [1.82, 2.24) is 5.32 Å². The molecule has 4 heteroatoms. The number of hydrogen-bond donors (Lipinski definition) is 1. The van der Waals surface area contributed by atoms with Crippen molar-refractivity contribution in [2.24, 2.45) is 5.41 Å². The lowest BCUT2D eigenvalue weighted by molar-refractivity contribution is 0.0514. The molecule has 1 N–H and O–H groups in total. The summed E-state index contributed by atoms with van der Waals surface area (Å²) in [5, 5.41) is 3.10. The van der Waals surface area contributed by atoms with Gasteiger partial charge in [-0.2, -0.15) is 0 Å². The van der Waals surface area contributed by atoms with Crippen LogP contribution in [0.15, 0.2) is 12.1 Å². The largest absolute Gasteiger partial charge is 0.382 e. The maximum absolute atomic E-state index is 12.0. The minimum atomic E-state index is 0.0702. The van der Waals surface area contributed by atoms with Crippen molar-refractivity contribution < 1.29 is 9.53 Å². The van der Waals surface area contributed by atoms with Crippen LogP contribution in [-0.2, 0) is 4.74 Å². The first kappa shape index (κ1) is 14.5. The quantitative estimate of drug-likeness (QED) is 0.778. The van der Waals surface area contributed by atoms with Crippen molar-refractivity contribution in [3.05, 3.63) is 21.9 Å². The molecule has 106 valence electrons. The van der Waals surface area contributed by atoms with E-state index in [2.05, 4.69) is 5.32 Å². The maximum Gasteiger partial charge on any atom is 0.261 e. The number of carbonyl (C=O) groups is 1. The van der Waals surface area contributed by atoms with E-state index in [4.69, 9.17) is 4.74 Å². The van der Waals surface area contributed by atoms with Crippen molar-refractivity contribution in [1.29, 1.82) is 0 Å². The highest BCUT2D eigenvalue weighted by atomic mass is 32.1. The van der Waals surface area contributed by atoms with E-state index in [1.165, 1.54) is 24.1 Å². The van der Waals surface area contributed by atoms with Crippen molar-refractivity contribution >= 4 is 17.2 Å². The van der Waals surface area contributed by atoms with Gasteiger partial charge in [-0.1, -0.05) is 6.42 Å². The van der Waals surface area contributed by atoms with E-state index in [0.717, 1.165) is 31.1 Å². The Morgan fingerprint density at radius 3 is 2.79 bits per heavy atom. The van der Waals surface area contributed by atoms with Crippen LogP contribution in [0.4, 0.5) is 0 Å². The standard InChI is InChI=1S/C15H23NO2S/c1-3-18-10-9-15(7-4-8-15)11-16-14(17)13-6-5-12(2)19-13/h5-6H,3-4,7-11H2,1-2H3,(H,16,17). The lowest BCUT2D eigenvalue weighted by Crippen LogP contribution is -2.42. The molecule has 19 heavy (non-hydrogen) atoms. The number of rotatable bonds is 7.